The molecule has 2 aliphatic rings. The topological polar surface area (TPSA) is 32.3 Å². The molecule has 2 atom stereocenters. The number of piperidine rings is 1. The molecule has 0 unspecified atom stereocenters. The van der Waals surface area contributed by atoms with Crippen LogP contribution in [0.1, 0.15) is 26.0 Å². The van der Waals surface area contributed by atoms with E-state index in [1.165, 1.54) is 6.20 Å². The first kappa shape index (κ1) is 15.5. The fraction of sp³-hybridized carbons (Fsp3) is 0.733. The predicted octanol–water partition coefficient (Wildman–Crippen LogP) is 2.66. The first-order valence-corrected chi connectivity index (χ1v) is 7.74. The highest BCUT2D eigenvalue weighted by molar-refractivity contribution is 5.33. The van der Waals surface area contributed by atoms with Crippen LogP contribution in [0.5, 0.6) is 0 Å². The van der Waals surface area contributed by atoms with Crippen molar-refractivity contribution in [2.75, 3.05) is 31.1 Å². The van der Waals surface area contributed by atoms with Crippen LogP contribution in [0, 0.1) is 11.8 Å². The van der Waals surface area contributed by atoms with Gasteiger partial charge in [-0.3, -0.25) is 0 Å². The normalized spacial score (nSPS) is 26.5. The number of nitrogens with zero attached hydrogens (tertiary/aromatic N) is 4. The van der Waals surface area contributed by atoms with Gasteiger partial charge in [-0.25, -0.2) is 9.97 Å². The molecule has 0 bridgehead atoms. The van der Waals surface area contributed by atoms with Crippen molar-refractivity contribution in [1.29, 1.82) is 0 Å². The van der Waals surface area contributed by atoms with Crippen LogP contribution in [-0.4, -0.2) is 47.1 Å². The summed E-state index contributed by atoms with van der Waals surface area (Å²) in [4.78, 5) is 12.1. The van der Waals surface area contributed by atoms with Crippen LogP contribution >= 0.6 is 0 Å². The van der Waals surface area contributed by atoms with Crippen molar-refractivity contribution in [2.24, 2.45) is 11.8 Å². The predicted molar refractivity (Wildman–Crippen MR) is 77.6 cm³/mol. The molecule has 0 saturated carbocycles. The van der Waals surface area contributed by atoms with Crippen molar-refractivity contribution in [3.63, 3.8) is 0 Å². The van der Waals surface area contributed by atoms with Crippen molar-refractivity contribution in [3.05, 3.63) is 18.0 Å². The summed E-state index contributed by atoms with van der Waals surface area (Å²) in [6.07, 6.45) is -2.12. The smallest absolute Gasteiger partial charge is 0.340 e. The highest BCUT2D eigenvalue weighted by Gasteiger charge is 2.39. The number of aromatic nitrogens is 2. The third-order valence-electron chi connectivity index (χ3n) is 4.78. The molecule has 122 valence electrons. The Kier molecular flexibility index (Phi) is 4.01. The average Bonchev–Trinajstić information content (AvgIpc) is 2.89. The fourth-order valence-corrected chi connectivity index (χ4v) is 3.49. The van der Waals surface area contributed by atoms with E-state index in [0.29, 0.717) is 17.9 Å². The summed E-state index contributed by atoms with van der Waals surface area (Å²) in [6, 6.07) is 1.44. The highest BCUT2D eigenvalue weighted by atomic mass is 19.4. The van der Waals surface area contributed by atoms with Gasteiger partial charge in [-0.2, -0.15) is 13.2 Å². The molecule has 0 spiro atoms. The van der Waals surface area contributed by atoms with E-state index in [1.807, 2.05) is 4.90 Å². The Hall–Kier alpha value is -1.37. The molecule has 0 N–H and O–H groups in total. The summed E-state index contributed by atoms with van der Waals surface area (Å²) in [5.74, 6) is 1.24. The number of likely N-dealkylation sites (tertiary alicyclic amines) is 1. The maximum absolute atomic E-state index is 12.8. The number of rotatable bonds is 2. The molecule has 3 rings (SSSR count). The maximum Gasteiger partial charge on any atom is 0.433 e. The van der Waals surface area contributed by atoms with E-state index in [9.17, 15) is 13.2 Å². The van der Waals surface area contributed by atoms with E-state index in [0.717, 1.165) is 38.7 Å². The van der Waals surface area contributed by atoms with Gasteiger partial charge in [0.1, 0.15) is 5.69 Å². The van der Waals surface area contributed by atoms with Gasteiger partial charge >= 0.3 is 6.18 Å². The van der Waals surface area contributed by atoms with Crippen LogP contribution < -0.4 is 4.90 Å². The lowest BCUT2D eigenvalue weighted by Gasteiger charge is -2.36. The van der Waals surface area contributed by atoms with E-state index in [1.54, 1.807) is 0 Å². The Balaban J connectivity index is 1.73. The molecule has 0 amide bonds. The van der Waals surface area contributed by atoms with Crippen LogP contribution in [0.15, 0.2) is 12.3 Å². The number of halogens is 3. The molecule has 3 heterocycles. The zero-order valence-corrected chi connectivity index (χ0v) is 12.8. The number of fused-ring (bicyclic) bond motifs is 1. The van der Waals surface area contributed by atoms with E-state index < -0.39 is 11.9 Å². The molecule has 2 aliphatic heterocycles. The minimum atomic E-state index is -4.42. The van der Waals surface area contributed by atoms with E-state index in [4.69, 9.17) is 0 Å². The zero-order chi connectivity index (χ0) is 15.9. The van der Waals surface area contributed by atoms with Gasteiger partial charge in [0.05, 0.1) is 0 Å². The van der Waals surface area contributed by atoms with Gasteiger partial charge in [0.25, 0.3) is 0 Å². The Labute approximate surface area is 128 Å². The molecule has 2 saturated heterocycles. The van der Waals surface area contributed by atoms with Crippen LogP contribution in [0.4, 0.5) is 19.1 Å². The fourth-order valence-electron chi connectivity index (χ4n) is 3.49. The summed E-state index contributed by atoms with van der Waals surface area (Å²) in [5, 5.41) is 0. The zero-order valence-electron chi connectivity index (χ0n) is 12.8. The molecular formula is C15H21F3N4. The summed E-state index contributed by atoms with van der Waals surface area (Å²) in [6.45, 7) is 7.95. The van der Waals surface area contributed by atoms with Gasteiger partial charge in [-0.1, -0.05) is 0 Å². The second-order valence-electron chi connectivity index (χ2n) is 6.54. The van der Waals surface area contributed by atoms with Gasteiger partial charge in [0.2, 0.25) is 5.95 Å². The summed E-state index contributed by atoms with van der Waals surface area (Å²) in [5.41, 5.74) is -0.865. The molecule has 0 aromatic carbocycles. The Morgan fingerprint density at radius 3 is 2.59 bits per heavy atom. The van der Waals surface area contributed by atoms with Gasteiger partial charge in [0, 0.05) is 31.9 Å². The Morgan fingerprint density at radius 1 is 1.18 bits per heavy atom. The molecule has 4 nitrogen and oxygen atoms in total. The first-order valence-electron chi connectivity index (χ1n) is 7.74. The third-order valence-corrected chi connectivity index (χ3v) is 4.78. The number of anilines is 1. The van der Waals surface area contributed by atoms with E-state index in [-0.39, 0.29) is 5.95 Å². The van der Waals surface area contributed by atoms with Crippen molar-refractivity contribution in [3.8, 4) is 0 Å². The minimum absolute atomic E-state index is 0.209. The SMILES string of the molecule is CC(C)N1CC[C@@H]2CN(c3nccc(C(F)(F)F)n3)C[C@@H]2C1. The summed E-state index contributed by atoms with van der Waals surface area (Å²) in [7, 11) is 0. The number of hydrogen-bond donors (Lipinski definition) is 0. The lowest BCUT2D eigenvalue weighted by atomic mass is 9.88. The highest BCUT2D eigenvalue weighted by Crippen LogP contribution is 2.34. The maximum atomic E-state index is 12.8. The second kappa shape index (κ2) is 5.68. The van der Waals surface area contributed by atoms with Gasteiger partial charge in [-0.05, 0) is 44.7 Å². The molecule has 1 aromatic rings. The quantitative estimate of drug-likeness (QED) is 0.840. The molecule has 1 aromatic heterocycles. The van der Waals surface area contributed by atoms with Gasteiger partial charge in [0.15, 0.2) is 0 Å². The number of hydrogen-bond acceptors (Lipinski definition) is 4. The number of alkyl halides is 3. The lowest BCUT2D eigenvalue weighted by molar-refractivity contribution is -0.141. The van der Waals surface area contributed by atoms with Crippen LogP contribution in [0.25, 0.3) is 0 Å². The van der Waals surface area contributed by atoms with E-state index >= 15 is 0 Å². The standard InChI is InChI=1S/C15H21F3N4/c1-10(2)21-6-4-11-7-22(9-12(11)8-21)14-19-5-3-13(20-14)15(16,17)18/h3,5,10-12H,4,6-9H2,1-2H3/t11-,12+/m1/s1. The van der Waals surface area contributed by atoms with Crippen molar-refractivity contribution in [2.45, 2.75) is 32.5 Å². The van der Waals surface area contributed by atoms with Gasteiger partial charge in [-0.15, -0.1) is 0 Å². The monoisotopic (exact) mass is 314 g/mol. The largest absolute Gasteiger partial charge is 0.433 e. The third kappa shape index (κ3) is 3.04. The van der Waals surface area contributed by atoms with Crippen LogP contribution in [-0.2, 0) is 6.18 Å². The molecule has 0 aliphatic carbocycles. The van der Waals surface area contributed by atoms with Crippen molar-refractivity contribution in [1.82, 2.24) is 14.9 Å². The molecule has 2 fully saturated rings. The van der Waals surface area contributed by atoms with Crippen LogP contribution in [0.3, 0.4) is 0 Å². The average molecular weight is 314 g/mol. The van der Waals surface area contributed by atoms with Crippen molar-refractivity contribution < 1.29 is 13.2 Å². The van der Waals surface area contributed by atoms with Crippen LogP contribution in [0.2, 0.25) is 0 Å². The first-order chi connectivity index (χ1) is 10.3. The lowest BCUT2D eigenvalue weighted by Crippen LogP contribution is -2.43. The summed E-state index contributed by atoms with van der Waals surface area (Å²) < 4.78 is 38.3. The second-order valence-corrected chi connectivity index (χ2v) is 6.54. The Morgan fingerprint density at radius 2 is 1.91 bits per heavy atom. The minimum Gasteiger partial charge on any atom is -0.340 e. The van der Waals surface area contributed by atoms with Crippen molar-refractivity contribution >= 4 is 5.95 Å². The molecular weight excluding hydrogens is 293 g/mol. The van der Waals surface area contributed by atoms with Gasteiger partial charge < -0.3 is 9.80 Å². The Bertz CT molecular complexity index is 532. The molecule has 0 radical (unpaired) electrons. The molecule has 7 heteroatoms. The summed E-state index contributed by atoms with van der Waals surface area (Å²) >= 11 is 0. The van der Waals surface area contributed by atoms with E-state index in [2.05, 4.69) is 28.7 Å². The molecule has 22 heavy (non-hydrogen) atoms.